The molecule has 1 aromatic carbocycles. The Balaban J connectivity index is 2.60. The first-order chi connectivity index (χ1) is 8.02. The Hall–Kier alpha value is -1.56. The van der Waals surface area contributed by atoms with Gasteiger partial charge in [0, 0.05) is 11.1 Å². The molecule has 0 amide bonds. The molecule has 2 rings (SSSR count). The summed E-state index contributed by atoms with van der Waals surface area (Å²) in [5.41, 5.74) is 0.587. The second-order valence-corrected chi connectivity index (χ2v) is 4.37. The zero-order chi connectivity index (χ0) is 12.6. The molecule has 0 saturated heterocycles. The highest BCUT2D eigenvalue weighted by Gasteiger charge is 2.25. The van der Waals surface area contributed by atoms with E-state index in [0.29, 0.717) is 34.7 Å². The lowest BCUT2D eigenvalue weighted by molar-refractivity contribution is -0.131. The van der Waals surface area contributed by atoms with Crippen LogP contribution < -0.4 is 9.47 Å². The normalized spacial score (nSPS) is 13.3. The van der Waals surface area contributed by atoms with Gasteiger partial charge in [-0.25, -0.2) is 4.79 Å². The number of hydrogen-bond donors (Lipinski definition) is 1. The van der Waals surface area contributed by atoms with Crippen molar-refractivity contribution in [2.24, 2.45) is 0 Å². The van der Waals surface area contributed by atoms with Crippen LogP contribution in [0.1, 0.15) is 15.9 Å². The van der Waals surface area contributed by atoms with Crippen LogP contribution >= 0.6 is 15.9 Å². The number of ether oxygens (including phenoxy) is 2. The largest absolute Gasteiger partial charge is 0.486 e. The van der Waals surface area contributed by atoms with Gasteiger partial charge >= 0.3 is 5.97 Å². The summed E-state index contributed by atoms with van der Waals surface area (Å²) < 4.78 is 11.3. The SMILES string of the molecule is Cc1c(C(=O)C(=O)O)cc(Br)c2c1OCCO2. The fraction of sp³-hybridized carbons (Fsp3) is 0.273. The molecule has 1 aromatic rings. The van der Waals surface area contributed by atoms with Crippen LogP contribution in [0, 0.1) is 6.92 Å². The van der Waals surface area contributed by atoms with E-state index in [1.807, 2.05) is 0 Å². The van der Waals surface area contributed by atoms with Gasteiger partial charge in [-0.1, -0.05) is 0 Å². The van der Waals surface area contributed by atoms with E-state index in [9.17, 15) is 9.59 Å². The van der Waals surface area contributed by atoms with E-state index >= 15 is 0 Å². The lowest BCUT2D eigenvalue weighted by atomic mass is 10.0. The summed E-state index contributed by atoms with van der Waals surface area (Å²) in [7, 11) is 0. The van der Waals surface area contributed by atoms with Crippen molar-refractivity contribution in [3.63, 3.8) is 0 Å². The number of carboxylic acids is 1. The Bertz CT molecular complexity index is 509. The molecule has 1 aliphatic heterocycles. The molecule has 1 aliphatic rings. The topological polar surface area (TPSA) is 72.8 Å². The predicted molar refractivity (Wildman–Crippen MR) is 61.8 cm³/mol. The van der Waals surface area contributed by atoms with Gasteiger partial charge < -0.3 is 14.6 Å². The molecule has 0 bridgehead atoms. The third-order valence-electron chi connectivity index (χ3n) is 2.45. The summed E-state index contributed by atoms with van der Waals surface area (Å²) in [6, 6.07) is 1.44. The average Bonchev–Trinajstić information content (AvgIpc) is 2.33. The van der Waals surface area contributed by atoms with Crippen molar-refractivity contribution in [1.29, 1.82) is 0 Å². The van der Waals surface area contributed by atoms with Crippen molar-refractivity contribution >= 4 is 27.7 Å². The van der Waals surface area contributed by atoms with E-state index < -0.39 is 11.8 Å². The van der Waals surface area contributed by atoms with E-state index in [0.717, 1.165) is 0 Å². The first-order valence-corrected chi connectivity index (χ1v) is 5.68. The zero-order valence-electron chi connectivity index (χ0n) is 8.95. The summed E-state index contributed by atoms with van der Waals surface area (Å²) in [5.74, 6) is -1.51. The van der Waals surface area contributed by atoms with E-state index in [-0.39, 0.29) is 5.56 Å². The number of halogens is 1. The maximum Gasteiger partial charge on any atom is 0.377 e. The lowest BCUT2D eigenvalue weighted by Crippen LogP contribution is -2.20. The standard InChI is InChI=1S/C11H9BrO5/c1-5-6(8(13)11(14)15)4-7(12)10-9(5)16-2-3-17-10/h4H,2-3H2,1H3,(H,14,15). The molecule has 1 N–H and O–H groups in total. The third kappa shape index (κ3) is 2.00. The number of benzene rings is 1. The highest BCUT2D eigenvalue weighted by Crippen LogP contribution is 2.41. The smallest absolute Gasteiger partial charge is 0.377 e. The van der Waals surface area contributed by atoms with Crippen LogP contribution in [0.2, 0.25) is 0 Å². The molecule has 0 saturated carbocycles. The molecule has 0 radical (unpaired) electrons. The van der Waals surface area contributed by atoms with E-state index in [2.05, 4.69) is 15.9 Å². The number of carboxylic acid groups (broad SMARTS) is 1. The second-order valence-electron chi connectivity index (χ2n) is 3.52. The van der Waals surface area contributed by atoms with E-state index in [4.69, 9.17) is 14.6 Å². The molecule has 90 valence electrons. The maximum absolute atomic E-state index is 11.5. The van der Waals surface area contributed by atoms with E-state index in [1.54, 1.807) is 6.92 Å². The first kappa shape index (κ1) is 11.9. The van der Waals surface area contributed by atoms with Crippen molar-refractivity contribution in [2.45, 2.75) is 6.92 Å². The number of Topliss-reactive ketones (excluding diaryl/α,β-unsaturated/α-hetero) is 1. The second kappa shape index (κ2) is 4.37. The Labute approximate surface area is 105 Å². The van der Waals surface area contributed by atoms with Crippen LogP contribution in [-0.2, 0) is 4.79 Å². The highest BCUT2D eigenvalue weighted by atomic mass is 79.9. The molecule has 5 nitrogen and oxygen atoms in total. The van der Waals surface area contributed by atoms with Gasteiger partial charge in [0.2, 0.25) is 0 Å². The molecular weight excluding hydrogens is 292 g/mol. The minimum Gasteiger partial charge on any atom is -0.486 e. The lowest BCUT2D eigenvalue weighted by Gasteiger charge is -2.22. The summed E-state index contributed by atoms with van der Waals surface area (Å²) >= 11 is 3.23. The van der Waals surface area contributed by atoms with Gasteiger partial charge in [0.05, 0.1) is 4.47 Å². The summed E-state index contributed by atoms with van der Waals surface area (Å²) in [6.07, 6.45) is 0. The molecular formula is C11H9BrO5. The van der Waals surface area contributed by atoms with Gasteiger partial charge in [-0.2, -0.15) is 0 Å². The van der Waals surface area contributed by atoms with Crippen LogP contribution in [0.4, 0.5) is 0 Å². The van der Waals surface area contributed by atoms with Crippen LogP contribution in [0.25, 0.3) is 0 Å². The van der Waals surface area contributed by atoms with Crippen molar-refractivity contribution in [1.82, 2.24) is 0 Å². The van der Waals surface area contributed by atoms with Gasteiger partial charge in [0.25, 0.3) is 5.78 Å². The van der Waals surface area contributed by atoms with Crippen LogP contribution in [0.5, 0.6) is 11.5 Å². The van der Waals surface area contributed by atoms with Crippen molar-refractivity contribution in [2.75, 3.05) is 13.2 Å². The van der Waals surface area contributed by atoms with Gasteiger partial charge in [-0.15, -0.1) is 0 Å². The first-order valence-electron chi connectivity index (χ1n) is 4.88. The summed E-state index contributed by atoms with van der Waals surface area (Å²) in [6.45, 7) is 2.44. The fourth-order valence-electron chi connectivity index (χ4n) is 1.65. The number of carbonyl (C=O) groups is 2. The molecule has 0 unspecified atom stereocenters. The van der Waals surface area contributed by atoms with Gasteiger partial charge in [-0.05, 0) is 28.9 Å². The monoisotopic (exact) mass is 300 g/mol. The molecule has 0 aromatic heterocycles. The maximum atomic E-state index is 11.5. The predicted octanol–water partition coefficient (Wildman–Crippen LogP) is 1.80. The average molecular weight is 301 g/mol. The Kier molecular flexibility index (Phi) is 3.06. The van der Waals surface area contributed by atoms with Gasteiger partial charge in [-0.3, -0.25) is 4.79 Å². The number of carbonyl (C=O) groups excluding carboxylic acids is 1. The minimum atomic E-state index is -1.49. The van der Waals surface area contributed by atoms with Crippen LogP contribution in [-0.4, -0.2) is 30.1 Å². The van der Waals surface area contributed by atoms with E-state index in [1.165, 1.54) is 6.07 Å². The number of hydrogen-bond acceptors (Lipinski definition) is 4. The Morgan fingerprint density at radius 1 is 1.29 bits per heavy atom. The van der Waals surface area contributed by atoms with Crippen molar-refractivity contribution in [3.8, 4) is 11.5 Å². The fourth-order valence-corrected chi connectivity index (χ4v) is 2.17. The molecule has 0 aliphatic carbocycles. The number of aliphatic carboxylic acids is 1. The third-order valence-corrected chi connectivity index (χ3v) is 3.04. The highest BCUT2D eigenvalue weighted by molar-refractivity contribution is 9.10. The van der Waals surface area contributed by atoms with Crippen LogP contribution in [0.3, 0.4) is 0 Å². The number of rotatable bonds is 2. The zero-order valence-corrected chi connectivity index (χ0v) is 10.5. The van der Waals surface area contributed by atoms with Crippen molar-refractivity contribution in [3.05, 3.63) is 21.7 Å². The Morgan fingerprint density at radius 3 is 2.47 bits per heavy atom. The molecule has 0 spiro atoms. The molecule has 17 heavy (non-hydrogen) atoms. The molecule has 0 atom stereocenters. The van der Waals surface area contributed by atoms with Crippen molar-refractivity contribution < 1.29 is 24.2 Å². The van der Waals surface area contributed by atoms with Crippen LogP contribution in [0.15, 0.2) is 10.5 Å². The molecule has 0 fully saturated rings. The number of fused-ring (bicyclic) bond motifs is 1. The van der Waals surface area contributed by atoms with Gasteiger partial charge in [0.1, 0.15) is 13.2 Å². The minimum absolute atomic E-state index is 0.105. The summed E-state index contributed by atoms with van der Waals surface area (Å²) in [4.78, 5) is 22.2. The molecule has 1 heterocycles. The molecule has 6 heteroatoms. The Morgan fingerprint density at radius 2 is 1.88 bits per heavy atom. The summed E-state index contributed by atoms with van der Waals surface area (Å²) in [5, 5.41) is 8.72. The van der Waals surface area contributed by atoms with Gasteiger partial charge in [0.15, 0.2) is 11.5 Å². The number of ketones is 1. The quantitative estimate of drug-likeness (QED) is 0.666.